The minimum absolute atomic E-state index is 0.297. The molecule has 0 fully saturated rings. The summed E-state index contributed by atoms with van der Waals surface area (Å²) in [5.74, 6) is 0.345. The fraction of sp³-hybridized carbons (Fsp3) is 0.0625. The number of thiophene rings is 1. The zero-order valence-electron chi connectivity index (χ0n) is 11.9. The molecule has 114 valence electrons. The summed E-state index contributed by atoms with van der Waals surface area (Å²) in [5.41, 5.74) is 1.74. The van der Waals surface area contributed by atoms with Crippen LogP contribution < -0.4 is 5.32 Å². The number of hydrogen-bond acceptors (Lipinski definition) is 6. The molecule has 1 aromatic carbocycles. The van der Waals surface area contributed by atoms with Crippen LogP contribution in [-0.2, 0) is 6.54 Å². The van der Waals surface area contributed by atoms with E-state index >= 15 is 0 Å². The number of aromatic nitrogens is 3. The molecule has 0 aliphatic carbocycles. The molecule has 23 heavy (non-hydrogen) atoms. The van der Waals surface area contributed by atoms with E-state index in [-0.39, 0.29) is 5.82 Å². The fourth-order valence-corrected chi connectivity index (χ4v) is 2.95. The van der Waals surface area contributed by atoms with Gasteiger partial charge in [-0.25, -0.2) is 9.37 Å². The van der Waals surface area contributed by atoms with E-state index in [2.05, 4.69) is 20.4 Å². The van der Waals surface area contributed by atoms with Crippen molar-refractivity contribution in [3.05, 3.63) is 58.8 Å². The lowest BCUT2D eigenvalue weighted by Crippen LogP contribution is -2.01. The van der Waals surface area contributed by atoms with E-state index in [4.69, 9.17) is 4.52 Å². The largest absolute Gasteiger partial charge is 0.364 e. The number of nitrogens with one attached hydrogen (secondary N) is 1. The number of fused-ring (bicyclic) bond motifs is 1. The number of benzene rings is 1. The smallest absolute Gasteiger partial charge is 0.263 e. The van der Waals surface area contributed by atoms with Crippen LogP contribution in [0.4, 0.5) is 10.2 Å². The number of rotatable bonds is 4. The standard InChI is InChI=1S/C16H11FN4OS/c17-11-5-3-10(4-6-11)14-13-15(18-8-12-2-1-7-23-12)19-9-20-16(13)22-21-14/h1-7,9H,8H2,(H,18,19,20). The third kappa shape index (κ3) is 2.66. The summed E-state index contributed by atoms with van der Waals surface area (Å²) in [6.07, 6.45) is 1.43. The summed E-state index contributed by atoms with van der Waals surface area (Å²) < 4.78 is 18.4. The van der Waals surface area contributed by atoms with Crippen molar-refractivity contribution in [3.8, 4) is 11.3 Å². The summed E-state index contributed by atoms with van der Waals surface area (Å²) in [6.45, 7) is 0.651. The maximum Gasteiger partial charge on any atom is 0.263 e. The lowest BCUT2D eigenvalue weighted by atomic mass is 10.1. The van der Waals surface area contributed by atoms with E-state index in [0.29, 0.717) is 29.2 Å². The van der Waals surface area contributed by atoms with Gasteiger partial charge in [0.05, 0.1) is 6.54 Å². The van der Waals surface area contributed by atoms with Gasteiger partial charge in [0, 0.05) is 10.4 Å². The summed E-state index contributed by atoms with van der Waals surface area (Å²) >= 11 is 1.67. The second kappa shape index (κ2) is 5.77. The van der Waals surface area contributed by atoms with Crippen molar-refractivity contribution in [1.29, 1.82) is 0 Å². The van der Waals surface area contributed by atoms with Crippen LogP contribution in [-0.4, -0.2) is 15.1 Å². The van der Waals surface area contributed by atoms with E-state index < -0.39 is 0 Å². The Morgan fingerprint density at radius 3 is 2.78 bits per heavy atom. The zero-order valence-corrected chi connectivity index (χ0v) is 12.7. The molecule has 7 heteroatoms. The molecule has 0 aliphatic rings. The molecule has 0 saturated heterocycles. The Morgan fingerprint density at radius 1 is 1.13 bits per heavy atom. The number of nitrogens with zero attached hydrogens (tertiary/aromatic N) is 3. The normalized spacial score (nSPS) is 11.0. The first kappa shape index (κ1) is 13.8. The summed E-state index contributed by atoms with van der Waals surface area (Å²) in [7, 11) is 0. The molecular formula is C16H11FN4OS. The third-order valence-corrected chi connectivity index (χ3v) is 4.28. The second-order valence-corrected chi connectivity index (χ2v) is 5.91. The second-order valence-electron chi connectivity index (χ2n) is 4.87. The van der Waals surface area contributed by atoms with Crippen molar-refractivity contribution in [2.24, 2.45) is 0 Å². The Morgan fingerprint density at radius 2 is 2.00 bits per heavy atom. The minimum atomic E-state index is -0.297. The topological polar surface area (TPSA) is 63.8 Å². The van der Waals surface area contributed by atoms with Crippen molar-refractivity contribution in [3.63, 3.8) is 0 Å². The van der Waals surface area contributed by atoms with Crippen LogP contribution >= 0.6 is 11.3 Å². The molecule has 3 heterocycles. The average molecular weight is 326 g/mol. The molecule has 0 spiro atoms. The quantitative estimate of drug-likeness (QED) is 0.612. The first-order valence-corrected chi connectivity index (χ1v) is 7.82. The summed E-state index contributed by atoms with van der Waals surface area (Å²) in [5, 5.41) is 10.1. The van der Waals surface area contributed by atoms with Gasteiger partial charge >= 0.3 is 0 Å². The highest BCUT2D eigenvalue weighted by molar-refractivity contribution is 7.09. The van der Waals surface area contributed by atoms with Gasteiger partial charge in [-0.15, -0.1) is 11.3 Å². The first-order valence-electron chi connectivity index (χ1n) is 6.94. The molecular weight excluding hydrogens is 315 g/mol. The van der Waals surface area contributed by atoms with Crippen LogP contribution in [0, 0.1) is 5.82 Å². The van der Waals surface area contributed by atoms with Gasteiger partial charge in [-0.3, -0.25) is 0 Å². The molecule has 0 aliphatic heterocycles. The highest BCUT2D eigenvalue weighted by Gasteiger charge is 2.16. The van der Waals surface area contributed by atoms with Crippen LogP contribution in [0.3, 0.4) is 0 Å². The highest BCUT2D eigenvalue weighted by Crippen LogP contribution is 2.31. The molecule has 0 radical (unpaired) electrons. The molecule has 0 amide bonds. The van der Waals surface area contributed by atoms with Crippen LogP contribution in [0.1, 0.15) is 4.88 Å². The Labute approximate surface area is 134 Å². The monoisotopic (exact) mass is 326 g/mol. The van der Waals surface area contributed by atoms with Gasteiger partial charge in [0.1, 0.15) is 29.0 Å². The summed E-state index contributed by atoms with van der Waals surface area (Å²) in [6, 6.07) is 10.1. The lowest BCUT2D eigenvalue weighted by Gasteiger charge is -2.05. The molecule has 4 rings (SSSR count). The maximum absolute atomic E-state index is 13.1. The third-order valence-electron chi connectivity index (χ3n) is 3.40. The molecule has 0 bridgehead atoms. The first-order chi connectivity index (χ1) is 11.3. The molecule has 0 unspecified atom stereocenters. The highest BCUT2D eigenvalue weighted by atomic mass is 32.1. The van der Waals surface area contributed by atoms with E-state index in [9.17, 15) is 4.39 Å². The number of hydrogen-bond donors (Lipinski definition) is 1. The van der Waals surface area contributed by atoms with Gasteiger partial charge in [-0.1, -0.05) is 11.2 Å². The minimum Gasteiger partial charge on any atom is -0.364 e. The van der Waals surface area contributed by atoms with E-state index in [0.717, 1.165) is 5.56 Å². The number of halogens is 1. The maximum atomic E-state index is 13.1. The van der Waals surface area contributed by atoms with Crippen LogP contribution in [0.15, 0.2) is 52.6 Å². The molecule has 0 atom stereocenters. The molecule has 4 aromatic rings. The van der Waals surface area contributed by atoms with E-state index in [1.165, 1.54) is 23.3 Å². The Hall–Kier alpha value is -2.80. The van der Waals surface area contributed by atoms with Crippen molar-refractivity contribution in [2.75, 3.05) is 5.32 Å². The van der Waals surface area contributed by atoms with Crippen molar-refractivity contribution in [1.82, 2.24) is 15.1 Å². The van der Waals surface area contributed by atoms with Gasteiger partial charge in [0.2, 0.25) is 0 Å². The SMILES string of the molecule is Fc1ccc(-c2noc3ncnc(NCc4cccs4)c23)cc1. The van der Waals surface area contributed by atoms with Gasteiger partial charge in [0.25, 0.3) is 5.71 Å². The molecule has 1 N–H and O–H groups in total. The Bertz CT molecular complexity index is 935. The van der Waals surface area contributed by atoms with E-state index in [1.54, 1.807) is 23.5 Å². The van der Waals surface area contributed by atoms with E-state index in [1.807, 2.05) is 17.5 Å². The number of anilines is 1. The van der Waals surface area contributed by atoms with Gasteiger partial charge in [-0.05, 0) is 35.7 Å². The van der Waals surface area contributed by atoms with Crippen molar-refractivity contribution in [2.45, 2.75) is 6.54 Å². The predicted molar refractivity (Wildman–Crippen MR) is 86.6 cm³/mol. The Kier molecular flexibility index (Phi) is 3.47. The Balaban J connectivity index is 1.75. The van der Waals surface area contributed by atoms with Crippen LogP contribution in [0.2, 0.25) is 0 Å². The fourth-order valence-electron chi connectivity index (χ4n) is 2.31. The van der Waals surface area contributed by atoms with Crippen molar-refractivity contribution >= 4 is 28.3 Å². The zero-order chi connectivity index (χ0) is 15.6. The molecule has 0 saturated carbocycles. The summed E-state index contributed by atoms with van der Waals surface area (Å²) in [4.78, 5) is 9.58. The average Bonchev–Trinajstić information content (AvgIpc) is 3.23. The van der Waals surface area contributed by atoms with Crippen LogP contribution in [0.5, 0.6) is 0 Å². The van der Waals surface area contributed by atoms with Gasteiger partial charge < -0.3 is 9.84 Å². The molecule has 3 aromatic heterocycles. The van der Waals surface area contributed by atoms with Crippen molar-refractivity contribution < 1.29 is 8.91 Å². The van der Waals surface area contributed by atoms with Gasteiger partial charge in [-0.2, -0.15) is 4.98 Å². The van der Waals surface area contributed by atoms with Gasteiger partial charge in [0.15, 0.2) is 0 Å². The van der Waals surface area contributed by atoms with Crippen LogP contribution in [0.25, 0.3) is 22.4 Å². The predicted octanol–water partition coefficient (Wildman–Crippen LogP) is 4.10. The lowest BCUT2D eigenvalue weighted by molar-refractivity contribution is 0.451. The molecule has 5 nitrogen and oxygen atoms in total.